The summed E-state index contributed by atoms with van der Waals surface area (Å²) in [6.45, 7) is 12.4. The maximum atomic E-state index is 5.74. The minimum atomic E-state index is 0.596. The molecule has 1 aromatic heterocycles. The van der Waals surface area contributed by atoms with E-state index in [1.54, 1.807) is 0 Å². The fraction of sp³-hybridized carbons (Fsp3) is 0.615. The molecular weight excluding hydrogens is 426 g/mol. The van der Waals surface area contributed by atoms with E-state index in [1.165, 1.54) is 31.9 Å². The van der Waals surface area contributed by atoms with Crippen LogP contribution in [-0.2, 0) is 17.8 Å². The first-order chi connectivity index (χ1) is 16.7. The number of hydrogen-bond acceptors (Lipinski definition) is 8. The molecule has 34 heavy (non-hydrogen) atoms. The largest absolute Gasteiger partial charge is 0.376 e. The average molecular weight is 466 g/mol. The summed E-state index contributed by atoms with van der Waals surface area (Å²) in [5.41, 5.74) is 4.61. The van der Waals surface area contributed by atoms with Gasteiger partial charge in [-0.05, 0) is 51.3 Å². The Morgan fingerprint density at radius 1 is 0.882 bits per heavy atom. The lowest BCUT2D eigenvalue weighted by Crippen LogP contribution is -2.44. The molecule has 2 aromatic rings. The molecule has 0 aliphatic carbocycles. The number of anilines is 2. The van der Waals surface area contributed by atoms with Crippen molar-refractivity contribution in [1.29, 1.82) is 0 Å². The van der Waals surface area contributed by atoms with E-state index in [1.807, 2.05) is 0 Å². The maximum absolute atomic E-state index is 5.74. The number of nitrogens with zero attached hydrogens (tertiary/aromatic N) is 6. The van der Waals surface area contributed by atoms with E-state index in [0.29, 0.717) is 6.61 Å². The van der Waals surface area contributed by atoms with Crippen molar-refractivity contribution in [3.8, 4) is 11.4 Å². The van der Waals surface area contributed by atoms with Gasteiger partial charge in [-0.1, -0.05) is 0 Å². The zero-order valence-electron chi connectivity index (χ0n) is 20.8. The van der Waals surface area contributed by atoms with E-state index in [0.717, 1.165) is 87.2 Å². The van der Waals surface area contributed by atoms with Gasteiger partial charge < -0.3 is 29.7 Å². The van der Waals surface area contributed by atoms with E-state index in [2.05, 4.69) is 63.3 Å². The van der Waals surface area contributed by atoms with Crippen molar-refractivity contribution in [3.63, 3.8) is 0 Å². The normalized spacial score (nSPS) is 20.4. The number of benzene rings is 1. The number of fused-ring (bicyclic) bond motifs is 1. The van der Waals surface area contributed by atoms with Crippen molar-refractivity contribution in [3.05, 3.63) is 35.5 Å². The molecule has 3 aliphatic heterocycles. The minimum absolute atomic E-state index is 0.596. The first kappa shape index (κ1) is 23.5. The van der Waals surface area contributed by atoms with E-state index in [9.17, 15) is 0 Å². The van der Waals surface area contributed by atoms with Crippen molar-refractivity contribution in [2.75, 3.05) is 96.4 Å². The SMILES string of the molecule is CN1CCN(CCCNc2nc(-c3ccc(N4CCN(C)CC4)cc3)nc3c2COCC3)CC1. The summed E-state index contributed by atoms with van der Waals surface area (Å²) >= 11 is 0. The summed E-state index contributed by atoms with van der Waals surface area (Å²) in [5, 5.41) is 3.62. The van der Waals surface area contributed by atoms with Crippen molar-refractivity contribution in [2.45, 2.75) is 19.4 Å². The molecule has 3 aliphatic rings. The molecule has 0 radical (unpaired) electrons. The second-order valence-corrected chi connectivity index (χ2v) is 9.89. The molecule has 2 fully saturated rings. The van der Waals surface area contributed by atoms with Crippen LogP contribution in [0.1, 0.15) is 17.7 Å². The third-order valence-electron chi connectivity index (χ3n) is 7.36. The quantitative estimate of drug-likeness (QED) is 0.624. The van der Waals surface area contributed by atoms with Crippen molar-refractivity contribution in [2.24, 2.45) is 0 Å². The van der Waals surface area contributed by atoms with Gasteiger partial charge in [0.2, 0.25) is 0 Å². The van der Waals surface area contributed by atoms with Crippen LogP contribution in [0.15, 0.2) is 24.3 Å². The Labute approximate surface area is 203 Å². The number of hydrogen-bond donors (Lipinski definition) is 1. The first-order valence-corrected chi connectivity index (χ1v) is 12.8. The highest BCUT2D eigenvalue weighted by atomic mass is 16.5. The molecular formula is C26H39N7O. The molecule has 1 aromatic carbocycles. The zero-order valence-corrected chi connectivity index (χ0v) is 20.8. The smallest absolute Gasteiger partial charge is 0.161 e. The van der Waals surface area contributed by atoms with Crippen molar-refractivity contribution < 1.29 is 4.74 Å². The highest BCUT2D eigenvalue weighted by Gasteiger charge is 2.20. The van der Waals surface area contributed by atoms with Crippen molar-refractivity contribution in [1.82, 2.24) is 24.7 Å². The van der Waals surface area contributed by atoms with Crippen LogP contribution in [0.5, 0.6) is 0 Å². The molecule has 0 spiro atoms. The number of nitrogens with one attached hydrogen (secondary N) is 1. The van der Waals surface area contributed by atoms with Crippen LogP contribution in [0.3, 0.4) is 0 Å². The lowest BCUT2D eigenvalue weighted by Gasteiger charge is -2.34. The Bertz CT molecular complexity index is 935. The van der Waals surface area contributed by atoms with Gasteiger partial charge in [0.25, 0.3) is 0 Å². The number of likely N-dealkylation sites (N-methyl/N-ethyl adjacent to an activating group) is 2. The van der Waals surface area contributed by atoms with E-state index in [-0.39, 0.29) is 0 Å². The summed E-state index contributed by atoms with van der Waals surface area (Å²) in [4.78, 5) is 19.7. The maximum Gasteiger partial charge on any atom is 0.161 e. The summed E-state index contributed by atoms with van der Waals surface area (Å²) in [5.74, 6) is 1.76. The predicted octanol–water partition coefficient (Wildman–Crippen LogP) is 2.02. The third-order valence-corrected chi connectivity index (χ3v) is 7.36. The zero-order chi connectivity index (χ0) is 23.3. The lowest BCUT2D eigenvalue weighted by molar-refractivity contribution is 0.109. The van der Waals surface area contributed by atoms with E-state index >= 15 is 0 Å². The van der Waals surface area contributed by atoms with Crippen LogP contribution in [0.25, 0.3) is 11.4 Å². The topological polar surface area (TPSA) is 60.0 Å². The summed E-state index contributed by atoms with van der Waals surface area (Å²) in [7, 11) is 4.40. The summed E-state index contributed by atoms with van der Waals surface area (Å²) in [6, 6.07) is 8.78. The van der Waals surface area contributed by atoms with Crippen LogP contribution in [0.2, 0.25) is 0 Å². The highest BCUT2D eigenvalue weighted by Crippen LogP contribution is 2.28. The van der Waals surface area contributed by atoms with Gasteiger partial charge in [0.1, 0.15) is 5.82 Å². The molecule has 0 unspecified atom stereocenters. The van der Waals surface area contributed by atoms with Gasteiger partial charge in [0.05, 0.1) is 18.9 Å². The molecule has 8 nitrogen and oxygen atoms in total. The van der Waals surface area contributed by atoms with Crippen LogP contribution in [0, 0.1) is 0 Å². The molecule has 2 saturated heterocycles. The summed E-state index contributed by atoms with van der Waals surface area (Å²) < 4.78 is 5.74. The molecule has 8 heteroatoms. The minimum Gasteiger partial charge on any atom is -0.376 e. The molecule has 0 saturated carbocycles. The number of ether oxygens (including phenoxy) is 1. The van der Waals surface area contributed by atoms with Gasteiger partial charge in [-0.15, -0.1) is 0 Å². The van der Waals surface area contributed by atoms with Crippen molar-refractivity contribution >= 4 is 11.5 Å². The second-order valence-electron chi connectivity index (χ2n) is 9.89. The first-order valence-electron chi connectivity index (χ1n) is 12.8. The van der Waals surface area contributed by atoms with Crippen LogP contribution in [-0.4, -0.2) is 111 Å². The Morgan fingerprint density at radius 2 is 1.59 bits per heavy atom. The molecule has 0 bridgehead atoms. The van der Waals surface area contributed by atoms with Crippen LogP contribution < -0.4 is 10.2 Å². The van der Waals surface area contributed by atoms with Gasteiger partial charge in [-0.3, -0.25) is 0 Å². The van der Waals surface area contributed by atoms with E-state index < -0.39 is 0 Å². The second kappa shape index (κ2) is 11.0. The molecule has 5 rings (SSSR count). The Kier molecular flexibility index (Phi) is 7.59. The standard InChI is InChI=1S/C26H39N7O/c1-30-11-15-32(16-12-30)10-3-9-27-26-23-20-34-19-8-24(23)28-25(29-26)21-4-6-22(7-5-21)33-17-13-31(2)14-18-33/h4-7H,3,8-20H2,1-2H3,(H,27,28,29). The monoisotopic (exact) mass is 465 g/mol. The molecule has 1 N–H and O–H groups in total. The van der Waals surface area contributed by atoms with Crippen LogP contribution >= 0.6 is 0 Å². The van der Waals surface area contributed by atoms with Gasteiger partial charge in [0, 0.05) is 82.1 Å². The number of rotatable bonds is 7. The number of piperazine rings is 2. The van der Waals surface area contributed by atoms with Gasteiger partial charge >= 0.3 is 0 Å². The Morgan fingerprint density at radius 3 is 2.32 bits per heavy atom. The fourth-order valence-electron chi connectivity index (χ4n) is 4.97. The lowest BCUT2D eigenvalue weighted by atomic mass is 10.1. The predicted molar refractivity (Wildman–Crippen MR) is 138 cm³/mol. The Hall–Kier alpha value is -2.26. The van der Waals surface area contributed by atoms with Gasteiger partial charge in [0.15, 0.2) is 5.82 Å². The highest BCUT2D eigenvalue weighted by molar-refractivity contribution is 5.63. The molecule has 4 heterocycles. The van der Waals surface area contributed by atoms with E-state index in [4.69, 9.17) is 14.7 Å². The van der Waals surface area contributed by atoms with Gasteiger partial charge in [-0.25, -0.2) is 9.97 Å². The summed E-state index contributed by atoms with van der Waals surface area (Å²) in [6.07, 6.45) is 1.96. The Balaban J connectivity index is 1.25. The van der Waals surface area contributed by atoms with Gasteiger partial charge in [-0.2, -0.15) is 0 Å². The molecule has 0 atom stereocenters. The number of aromatic nitrogens is 2. The fourth-order valence-corrected chi connectivity index (χ4v) is 4.97. The molecule has 0 amide bonds. The average Bonchev–Trinajstić information content (AvgIpc) is 2.88. The molecule has 184 valence electrons. The third kappa shape index (κ3) is 5.68. The van der Waals surface area contributed by atoms with Crippen LogP contribution in [0.4, 0.5) is 11.5 Å².